The summed E-state index contributed by atoms with van der Waals surface area (Å²) in [5.74, 6) is -1.15. The summed E-state index contributed by atoms with van der Waals surface area (Å²) in [4.78, 5) is 47.3. The predicted octanol–water partition coefficient (Wildman–Crippen LogP) is 8.84. The minimum atomic E-state index is -1.16. The molecule has 3 amide bonds. The van der Waals surface area contributed by atoms with Crippen LogP contribution in [0.2, 0.25) is 5.02 Å². The third-order valence-corrected chi connectivity index (χ3v) is 10.5. The van der Waals surface area contributed by atoms with E-state index in [2.05, 4.69) is 4.98 Å². The first-order valence-electron chi connectivity index (χ1n) is 16.0. The Bertz CT molecular complexity index is 1920. The number of benzene rings is 2. The molecule has 5 rings (SSSR count). The van der Waals surface area contributed by atoms with Crippen LogP contribution in [0.3, 0.4) is 0 Å². The fourth-order valence-electron chi connectivity index (χ4n) is 6.12. The molecule has 0 unspecified atom stereocenters. The van der Waals surface area contributed by atoms with E-state index >= 15 is 0 Å². The molecule has 266 valence electrons. The lowest BCUT2D eigenvalue weighted by Crippen LogP contribution is -2.47. The summed E-state index contributed by atoms with van der Waals surface area (Å²) in [7, 11) is 4.62. The van der Waals surface area contributed by atoms with E-state index in [-0.39, 0.29) is 44.4 Å². The van der Waals surface area contributed by atoms with E-state index < -0.39 is 35.3 Å². The highest BCUT2D eigenvalue weighted by Crippen LogP contribution is 2.41. The van der Waals surface area contributed by atoms with Crippen molar-refractivity contribution in [2.24, 2.45) is 0 Å². The predicted molar refractivity (Wildman–Crippen MR) is 189 cm³/mol. The molecule has 0 aliphatic heterocycles. The molecule has 2 heterocycles. The maximum atomic E-state index is 14.9. The summed E-state index contributed by atoms with van der Waals surface area (Å²) in [6, 6.07) is 10.4. The molecule has 50 heavy (non-hydrogen) atoms. The Balaban J connectivity index is 1.51. The Morgan fingerprint density at radius 1 is 0.980 bits per heavy atom. The lowest BCUT2D eigenvalue weighted by atomic mass is 9.89. The van der Waals surface area contributed by atoms with Gasteiger partial charge in [0.25, 0.3) is 5.91 Å². The summed E-state index contributed by atoms with van der Waals surface area (Å²) >= 11 is 7.42. The Labute approximate surface area is 298 Å². The molecular weight excluding hydrogens is 690 g/mol. The molecule has 1 aliphatic carbocycles. The van der Waals surface area contributed by atoms with Gasteiger partial charge in [-0.2, -0.15) is 0 Å². The van der Waals surface area contributed by atoms with Crippen LogP contribution in [-0.2, 0) is 11.3 Å². The number of nitrogens with zero attached hydrogens (tertiary/aromatic N) is 4. The molecule has 0 spiro atoms. The van der Waals surface area contributed by atoms with Crippen molar-refractivity contribution in [3.8, 4) is 16.9 Å². The molecule has 1 saturated carbocycles. The van der Waals surface area contributed by atoms with Crippen molar-refractivity contribution >= 4 is 56.9 Å². The van der Waals surface area contributed by atoms with Gasteiger partial charge in [0, 0.05) is 44.5 Å². The van der Waals surface area contributed by atoms with Gasteiger partial charge in [-0.25, -0.2) is 23.4 Å². The molecule has 0 saturated heterocycles. The first-order valence-corrected chi connectivity index (χ1v) is 17.2. The Hall–Kier alpha value is -4.49. The molecule has 10 nitrogen and oxygen atoms in total. The zero-order valence-corrected chi connectivity index (χ0v) is 30.2. The maximum absolute atomic E-state index is 14.9. The number of pyridine rings is 1. The van der Waals surface area contributed by atoms with Crippen molar-refractivity contribution in [1.29, 1.82) is 0 Å². The van der Waals surface area contributed by atoms with Crippen LogP contribution < -0.4 is 9.64 Å². The monoisotopic (exact) mass is 728 g/mol. The second-order valence-electron chi connectivity index (χ2n) is 13.2. The van der Waals surface area contributed by atoms with Gasteiger partial charge in [0.1, 0.15) is 33.7 Å². The minimum absolute atomic E-state index is 0.0178. The number of halogens is 3. The third kappa shape index (κ3) is 7.78. The van der Waals surface area contributed by atoms with Crippen LogP contribution in [0.15, 0.2) is 48.7 Å². The van der Waals surface area contributed by atoms with Gasteiger partial charge in [-0.1, -0.05) is 17.7 Å². The molecule has 1 fully saturated rings. The molecule has 2 aromatic heterocycles. The maximum Gasteiger partial charge on any atom is 0.412 e. The molecule has 0 atom stereocenters. The molecule has 0 radical (unpaired) electrons. The van der Waals surface area contributed by atoms with E-state index in [1.54, 1.807) is 55.8 Å². The van der Waals surface area contributed by atoms with Crippen LogP contribution in [-0.4, -0.2) is 76.9 Å². The molecule has 14 heteroatoms. The van der Waals surface area contributed by atoms with Crippen LogP contribution in [0, 0.1) is 11.6 Å². The number of methoxy groups -OCH3 is 1. The number of fused-ring (bicyclic) bond motifs is 1. The van der Waals surface area contributed by atoms with Crippen LogP contribution in [0.4, 0.5) is 24.2 Å². The highest BCUT2D eigenvalue weighted by atomic mass is 35.5. The number of carbonyl (C=O) groups excluding carboxylic acids is 2. The molecule has 0 bridgehead atoms. The van der Waals surface area contributed by atoms with Gasteiger partial charge in [0.15, 0.2) is 0 Å². The van der Waals surface area contributed by atoms with Crippen molar-refractivity contribution in [2.75, 3.05) is 26.1 Å². The summed E-state index contributed by atoms with van der Waals surface area (Å²) in [6.45, 7) is 5.49. The lowest BCUT2D eigenvalue weighted by molar-refractivity contribution is 0.0144. The van der Waals surface area contributed by atoms with E-state index in [0.717, 1.165) is 33.9 Å². The summed E-state index contributed by atoms with van der Waals surface area (Å²) in [5.41, 5.74) is 1.41. The number of carboxylic acid groups (broad SMARTS) is 1. The van der Waals surface area contributed by atoms with Crippen LogP contribution in [0.1, 0.15) is 61.7 Å². The van der Waals surface area contributed by atoms with E-state index in [1.165, 1.54) is 20.4 Å². The van der Waals surface area contributed by atoms with Crippen molar-refractivity contribution in [3.63, 3.8) is 0 Å². The van der Waals surface area contributed by atoms with Gasteiger partial charge in [-0.05, 0) is 94.0 Å². The zero-order chi connectivity index (χ0) is 36.5. The van der Waals surface area contributed by atoms with Gasteiger partial charge in [0.05, 0.1) is 22.2 Å². The zero-order valence-electron chi connectivity index (χ0n) is 28.6. The number of rotatable bonds is 8. The average molecular weight is 729 g/mol. The van der Waals surface area contributed by atoms with Crippen LogP contribution in [0.5, 0.6) is 5.75 Å². The first-order chi connectivity index (χ1) is 23.6. The number of anilines is 1. The van der Waals surface area contributed by atoms with Gasteiger partial charge in [0.2, 0.25) is 0 Å². The van der Waals surface area contributed by atoms with Crippen molar-refractivity contribution in [3.05, 3.63) is 75.8 Å². The highest BCUT2D eigenvalue weighted by molar-refractivity contribution is 7.21. The van der Waals surface area contributed by atoms with Crippen LogP contribution in [0.25, 0.3) is 21.2 Å². The second-order valence-corrected chi connectivity index (χ2v) is 14.6. The number of thiophene rings is 1. The SMILES string of the molecule is COc1ccc(-c2ccnc(N(C)C(=O)O)c2)cc1CN(C(=O)c1sc2c(F)ccc(F)c2c1Cl)C1CCC(N(C)C(=O)OC(C)(C)C)CC1. The van der Waals surface area contributed by atoms with Crippen LogP contribution >= 0.6 is 22.9 Å². The molecule has 1 aliphatic rings. The lowest BCUT2D eigenvalue weighted by Gasteiger charge is -2.40. The smallest absolute Gasteiger partial charge is 0.412 e. The second kappa shape index (κ2) is 14.8. The topological polar surface area (TPSA) is 113 Å². The number of ether oxygens (including phenoxy) is 2. The largest absolute Gasteiger partial charge is 0.496 e. The van der Waals surface area contributed by atoms with Crippen molar-refractivity contribution in [1.82, 2.24) is 14.8 Å². The highest BCUT2D eigenvalue weighted by Gasteiger charge is 2.35. The fraction of sp³-hybridized carbons (Fsp3) is 0.389. The molecule has 1 N–H and O–H groups in total. The van der Waals surface area contributed by atoms with E-state index in [9.17, 15) is 28.3 Å². The summed E-state index contributed by atoms with van der Waals surface area (Å²) in [5, 5.41) is 9.16. The standard InChI is InChI=1S/C36H39ClF2N4O6S/c1-36(2,3)49-35(47)41(4)23-8-10-24(11-9-23)43(33(44)32-30(37)29-25(38)12-13-26(39)31(29)50-32)19-22-17-20(7-14-27(22)48-6)21-15-16-40-28(18-21)42(5)34(45)46/h7,12-18,23-24H,8-11,19H2,1-6H3,(H,45,46). The molecule has 2 aromatic carbocycles. The molecule has 4 aromatic rings. The van der Waals surface area contributed by atoms with E-state index in [1.807, 2.05) is 12.1 Å². The first kappa shape index (κ1) is 36.8. The number of carbonyl (C=O) groups is 3. The van der Waals surface area contributed by atoms with Gasteiger partial charge < -0.3 is 24.4 Å². The van der Waals surface area contributed by atoms with Gasteiger partial charge >= 0.3 is 12.2 Å². The van der Waals surface area contributed by atoms with Gasteiger partial charge in [-0.15, -0.1) is 11.3 Å². The quantitative estimate of drug-likeness (QED) is 0.193. The minimum Gasteiger partial charge on any atom is -0.496 e. The Kier molecular flexibility index (Phi) is 10.9. The van der Waals surface area contributed by atoms with E-state index in [0.29, 0.717) is 42.6 Å². The van der Waals surface area contributed by atoms with Crippen molar-refractivity contribution < 1.29 is 37.7 Å². The normalized spacial score (nSPS) is 16.2. The Morgan fingerprint density at radius 2 is 1.62 bits per heavy atom. The molecular formula is C36H39ClF2N4O6S. The average Bonchev–Trinajstić information content (AvgIpc) is 3.45. The summed E-state index contributed by atoms with van der Waals surface area (Å²) in [6.07, 6.45) is 2.16. The summed E-state index contributed by atoms with van der Waals surface area (Å²) < 4.78 is 40.9. The fourth-order valence-corrected chi connectivity index (χ4v) is 7.62. The number of aromatic nitrogens is 1. The number of hydrogen-bond acceptors (Lipinski definition) is 7. The third-order valence-electron chi connectivity index (χ3n) is 8.80. The van der Waals surface area contributed by atoms with Crippen molar-refractivity contribution in [2.45, 2.75) is 70.7 Å². The number of hydrogen-bond donors (Lipinski definition) is 1. The van der Waals surface area contributed by atoms with E-state index in [4.69, 9.17) is 21.1 Å². The van der Waals surface area contributed by atoms with Gasteiger partial charge in [-0.3, -0.25) is 9.69 Å². The Morgan fingerprint density at radius 3 is 2.24 bits per heavy atom. The number of amides is 3.